The average Bonchev–Trinajstić information content (AvgIpc) is 2.99. The van der Waals surface area contributed by atoms with Gasteiger partial charge in [-0.1, -0.05) is 37.5 Å². The molecule has 1 aliphatic carbocycles. The minimum atomic E-state index is -3.82. The Bertz CT molecular complexity index is 1020. The highest BCUT2D eigenvalue weighted by atomic mass is 32.2. The zero-order valence-corrected chi connectivity index (χ0v) is 17.2. The fourth-order valence-electron chi connectivity index (χ4n) is 4.23. The molecular weight excluding hydrogens is 400 g/mol. The van der Waals surface area contributed by atoms with Crippen LogP contribution in [0.25, 0.3) is 6.08 Å². The van der Waals surface area contributed by atoms with Crippen LogP contribution in [0.15, 0.2) is 34.1 Å². The van der Waals surface area contributed by atoms with E-state index in [2.05, 4.69) is 0 Å². The zero-order chi connectivity index (χ0) is 19.9. The Labute approximate surface area is 166 Å². The minimum absolute atomic E-state index is 0.150. The number of sulfone groups is 1. The quantitative estimate of drug-likeness (QED) is 0.735. The number of fused-ring (bicyclic) bond motifs is 1. The monoisotopic (exact) mass is 424 g/mol. The topological polar surface area (TPSA) is 91.8 Å². The molecule has 0 N–H and O–H groups in total. The van der Waals surface area contributed by atoms with Gasteiger partial charge in [0, 0.05) is 26.2 Å². The molecule has 4 rings (SSSR count). The van der Waals surface area contributed by atoms with Gasteiger partial charge in [0.05, 0.1) is 10.1 Å². The summed E-state index contributed by atoms with van der Waals surface area (Å²) in [6.45, 7) is 0.831. The lowest BCUT2D eigenvalue weighted by atomic mass is 10.0. The van der Waals surface area contributed by atoms with Crippen LogP contribution in [0, 0.1) is 0 Å². The third-order valence-corrected chi connectivity index (χ3v) is 10.1. The van der Waals surface area contributed by atoms with Gasteiger partial charge in [-0.25, -0.2) is 16.8 Å². The number of sulfonamides is 1. The SMILES string of the molecule is O=C(C1=Cc2ccccc2S1(=O)=O)N1CCN(S(=O)(=O)C2CCCCC2)CC1. The third-order valence-electron chi connectivity index (χ3n) is 5.85. The summed E-state index contributed by atoms with van der Waals surface area (Å²) in [4.78, 5) is 14.2. The lowest BCUT2D eigenvalue weighted by Gasteiger charge is -2.36. The number of nitrogens with zero attached hydrogens (tertiary/aromatic N) is 2. The number of hydrogen-bond acceptors (Lipinski definition) is 5. The van der Waals surface area contributed by atoms with Crippen molar-refractivity contribution in [2.75, 3.05) is 26.2 Å². The van der Waals surface area contributed by atoms with Crippen LogP contribution < -0.4 is 0 Å². The van der Waals surface area contributed by atoms with E-state index < -0.39 is 25.8 Å². The molecule has 2 heterocycles. The second-order valence-corrected chi connectivity index (χ2v) is 11.6. The highest BCUT2D eigenvalue weighted by molar-refractivity contribution is 7.96. The highest BCUT2D eigenvalue weighted by Crippen LogP contribution is 2.34. The van der Waals surface area contributed by atoms with Crippen LogP contribution in [0.5, 0.6) is 0 Å². The molecule has 9 heteroatoms. The molecule has 0 atom stereocenters. The van der Waals surface area contributed by atoms with Crippen molar-refractivity contribution in [2.24, 2.45) is 0 Å². The standard InChI is InChI=1S/C19H24N2O5S2/c22-19(18-14-15-6-4-5-9-17(15)27(18,23)24)20-10-12-21(13-11-20)28(25,26)16-7-2-1-3-8-16/h4-6,9,14,16H,1-3,7-8,10-13H2. The number of piperazine rings is 1. The van der Waals surface area contributed by atoms with Crippen molar-refractivity contribution in [1.82, 2.24) is 9.21 Å². The van der Waals surface area contributed by atoms with Gasteiger partial charge in [0.2, 0.25) is 19.9 Å². The van der Waals surface area contributed by atoms with Crippen molar-refractivity contribution in [3.8, 4) is 0 Å². The first-order chi connectivity index (χ1) is 13.3. The summed E-state index contributed by atoms with van der Waals surface area (Å²) >= 11 is 0. The second kappa shape index (κ2) is 7.27. The van der Waals surface area contributed by atoms with E-state index in [4.69, 9.17) is 0 Å². The average molecular weight is 425 g/mol. The molecule has 0 bridgehead atoms. The van der Waals surface area contributed by atoms with E-state index in [0.29, 0.717) is 18.4 Å². The number of rotatable bonds is 3. The van der Waals surface area contributed by atoms with Gasteiger partial charge < -0.3 is 4.90 Å². The third kappa shape index (κ3) is 3.29. The van der Waals surface area contributed by atoms with Gasteiger partial charge in [-0.3, -0.25) is 4.79 Å². The molecule has 2 fully saturated rings. The van der Waals surface area contributed by atoms with E-state index >= 15 is 0 Å². The van der Waals surface area contributed by atoms with Crippen LogP contribution in [0.3, 0.4) is 0 Å². The van der Waals surface area contributed by atoms with Gasteiger partial charge >= 0.3 is 0 Å². The minimum Gasteiger partial charge on any atom is -0.335 e. The molecule has 0 radical (unpaired) electrons. The van der Waals surface area contributed by atoms with Gasteiger partial charge in [0.1, 0.15) is 4.91 Å². The maximum Gasteiger partial charge on any atom is 0.265 e. The molecule has 28 heavy (non-hydrogen) atoms. The van der Waals surface area contributed by atoms with Crippen molar-refractivity contribution < 1.29 is 21.6 Å². The molecule has 1 saturated heterocycles. The van der Waals surface area contributed by atoms with E-state index in [1.807, 2.05) is 0 Å². The Morgan fingerprint density at radius 1 is 0.964 bits per heavy atom. The van der Waals surface area contributed by atoms with Crippen LogP contribution >= 0.6 is 0 Å². The lowest BCUT2D eigenvalue weighted by Crippen LogP contribution is -2.53. The first kappa shape index (κ1) is 19.6. The molecule has 152 valence electrons. The van der Waals surface area contributed by atoms with E-state index in [1.54, 1.807) is 18.2 Å². The normalized spacial score (nSPS) is 23.3. The van der Waals surface area contributed by atoms with Crippen molar-refractivity contribution in [3.63, 3.8) is 0 Å². The molecule has 1 amide bonds. The fourth-order valence-corrected chi connectivity index (χ4v) is 7.83. The summed E-state index contributed by atoms with van der Waals surface area (Å²) in [6, 6.07) is 6.53. The largest absolute Gasteiger partial charge is 0.335 e. The highest BCUT2D eigenvalue weighted by Gasteiger charge is 2.39. The maximum atomic E-state index is 12.9. The Balaban J connectivity index is 1.45. The molecule has 0 unspecified atom stereocenters. The van der Waals surface area contributed by atoms with E-state index in [-0.39, 0.29) is 41.2 Å². The van der Waals surface area contributed by atoms with Gasteiger partial charge in [-0.15, -0.1) is 0 Å². The van der Waals surface area contributed by atoms with Gasteiger partial charge in [-0.05, 0) is 30.5 Å². The van der Waals surface area contributed by atoms with Crippen LogP contribution in [-0.4, -0.2) is 63.4 Å². The number of carbonyl (C=O) groups is 1. The zero-order valence-electron chi connectivity index (χ0n) is 15.6. The first-order valence-corrected chi connectivity index (χ1v) is 12.6. The summed E-state index contributed by atoms with van der Waals surface area (Å²) in [7, 11) is -7.17. The molecule has 1 aromatic carbocycles. The molecular formula is C19H24N2O5S2. The molecule has 1 aromatic rings. The number of benzene rings is 1. The van der Waals surface area contributed by atoms with E-state index in [0.717, 1.165) is 19.3 Å². The van der Waals surface area contributed by atoms with Crippen molar-refractivity contribution in [2.45, 2.75) is 42.2 Å². The fraction of sp³-hybridized carbons (Fsp3) is 0.526. The Morgan fingerprint density at radius 3 is 2.25 bits per heavy atom. The van der Waals surface area contributed by atoms with Crippen molar-refractivity contribution in [1.29, 1.82) is 0 Å². The Morgan fingerprint density at radius 2 is 1.61 bits per heavy atom. The molecule has 1 saturated carbocycles. The smallest absolute Gasteiger partial charge is 0.265 e. The summed E-state index contributed by atoms with van der Waals surface area (Å²) in [5.41, 5.74) is 0.518. The molecule has 0 spiro atoms. The van der Waals surface area contributed by atoms with Gasteiger partial charge in [0.25, 0.3) is 5.91 Å². The number of hydrogen-bond donors (Lipinski definition) is 0. The molecule has 7 nitrogen and oxygen atoms in total. The summed E-state index contributed by atoms with van der Waals surface area (Å²) in [6.07, 6.45) is 5.78. The lowest BCUT2D eigenvalue weighted by molar-refractivity contribution is -0.127. The Hall–Kier alpha value is -1.71. The predicted molar refractivity (Wildman–Crippen MR) is 106 cm³/mol. The van der Waals surface area contributed by atoms with Crippen LogP contribution in [0.4, 0.5) is 0 Å². The molecule has 2 aliphatic heterocycles. The van der Waals surface area contributed by atoms with Crippen LogP contribution in [0.1, 0.15) is 37.7 Å². The van der Waals surface area contributed by atoms with Gasteiger partial charge in [0.15, 0.2) is 0 Å². The van der Waals surface area contributed by atoms with Gasteiger partial charge in [-0.2, -0.15) is 4.31 Å². The predicted octanol–water partition coefficient (Wildman–Crippen LogP) is 1.62. The van der Waals surface area contributed by atoms with Crippen LogP contribution in [-0.2, 0) is 24.7 Å². The molecule has 0 aromatic heterocycles. The van der Waals surface area contributed by atoms with Crippen LogP contribution in [0.2, 0.25) is 0 Å². The Kier molecular flexibility index (Phi) is 5.09. The van der Waals surface area contributed by atoms with E-state index in [1.165, 1.54) is 21.3 Å². The maximum absolute atomic E-state index is 12.9. The summed E-state index contributed by atoms with van der Waals surface area (Å²) < 4.78 is 52.5. The van der Waals surface area contributed by atoms with Crippen molar-refractivity contribution >= 4 is 31.8 Å². The van der Waals surface area contributed by atoms with E-state index in [9.17, 15) is 21.6 Å². The number of amides is 1. The second-order valence-electron chi connectivity index (χ2n) is 7.55. The first-order valence-electron chi connectivity index (χ1n) is 9.66. The summed E-state index contributed by atoms with van der Waals surface area (Å²) in [5, 5.41) is -0.323. The molecule has 3 aliphatic rings. The number of carbonyl (C=O) groups excluding carboxylic acids is 1. The summed E-state index contributed by atoms with van der Waals surface area (Å²) in [5.74, 6) is -0.550. The van der Waals surface area contributed by atoms with Crippen molar-refractivity contribution in [3.05, 3.63) is 34.7 Å².